The summed E-state index contributed by atoms with van der Waals surface area (Å²) in [6, 6.07) is 0.375. The van der Waals surface area contributed by atoms with Gasteiger partial charge in [-0.3, -0.25) is 9.69 Å². The summed E-state index contributed by atoms with van der Waals surface area (Å²) in [5, 5.41) is 12.9. The van der Waals surface area contributed by atoms with Crippen LogP contribution in [0.5, 0.6) is 0 Å². The number of piperidine rings is 1. The summed E-state index contributed by atoms with van der Waals surface area (Å²) in [6.07, 6.45) is 3.78. The van der Waals surface area contributed by atoms with Crippen LogP contribution in [-0.4, -0.2) is 46.7 Å². The molecule has 1 heterocycles. The van der Waals surface area contributed by atoms with Gasteiger partial charge in [0.2, 0.25) is 5.91 Å². The van der Waals surface area contributed by atoms with Crippen molar-refractivity contribution in [2.45, 2.75) is 57.2 Å². The Morgan fingerprint density at radius 3 is 2.50 bits per heavy atom. The first-order valence-corrected chi connectivity index (χ1v) is 6.25. The van der Waals surface area contributed by atoms with Crippen molar-refractivity contribution >= 4 is 5.91 Å². The third-order valence-corrected chi connectivity index (χ3v) is 3.73. The van der Waals surface area contributed by atoms with Crippen molar-refractivity contribution in [1.29, 1.82) is 0 Å². The molecule has 1 aliphatic carbocycles. The Balaban J connectivity index is 1.80. The molecule has 4 heteroatoms. The molecule has 0 radical (unpaired) electrons. The first kappa shape index (κ1) is 11.9. The third kappa shape index (κ3) is 2.95. The second-order valence-corrected chi connectivity index (χ2v) is 5.49. The molecular weight excluding hydrogens is 204 g/mol. The lowest BCUT2D eigenvalue weighted by Gasteiger charge is -2.38. The van der Waals surface area contributed by atoms with Gasteiger partial charge >= 0.3 is 0 Å². The van der Waals surface area contributed by atoms with Crippen LogP contribution >= 0.6 is 0 Å². The fourth-order valence-corrected chi connectivity index (χ4v) is 2.11. The van der Waals surface area contributed by atoms with Crippen LogP contribution in [0, 0.1) is 0 Å². The molecule has 1 atom stereocenters. The lowest BCUT2D eigenvalue weighted by molar-refractivity contribution is -0.127. The van der Waals surface area contributed by atoms with E-state index in [0.29, 0.717) is 6.04 Å². The van der Waals surface area contributed by atoms with Gasteiger partial charge in [0.15, 0.2) is 0 Å². The van der Waals surface area contributed by atoms with Gasteiger partial charge in [0.1, 0.15) is 0 Å². The van der Waals surface area contributed by atoms with E-state index in [2.05, 4.69) is 10.2 Å². The monoisotopic (exact) mass is 226 g/mol. The zero-order chi connectivity index (χ0) is 11.8. The number of nitrogens with one attached hydrogen (secondary N) is 1. The van der Waals surface area contributed by atoms with Crippen molar-refractivity contribution in [1.82, 2.24) is 10.2 Å². The van der Waals surface area contributed by atoms with Crippen LogP contribution in [0.3, 0.4) is 0 Å². The average molecular weight is 226 g/mol. The highest BCUT2D eigenvalue weighted by Crippen LogP contribution is 2.23. The van der Waals surface area contributed by atoms with Gasteiger partial charge in [-0.25, -0.2) is 0 Å². The Labute approximate surface area is 97.0 Å². The number of nitrogens with zero attached hydrogens (tertiary/aromatic N) is 1. The van der Waals surface area contributed by atoms with Crippen LogP contribution in [0.1, 0.15) is 39.5 Å². The van der Waals surface area contributed by atoms with E-state index < -0.39 is 5.60 Å². The standard InChI is InChI=1S/C12H22N2O2/c1-9(11(15)13-10-3-4-10)14-7-5-12(2,16)6-8-14/h9-10,16H,3-8H2,1-2H3,(H,13,15). The van der Waals surface area contributed by atoms with Crippen LogP contribution in [0.4, 0.5) is 0 Å². The van der Waals surface area contributed by atoms with Gasteiger partial charge in [0, 0.05) is 19.1 Å². The topological polar surface area (TPSA) is 52.6 Å². The molecule has 0 spiro atoms. The van der Waals surface area contributed by atoms with Crippen molar-refractivity contribution in [3.63, 3.8) is 0 Å². The maximum atomic E-state index is 11.8. The number of hydrogen-bond donors (Lipinski definition) is 2. The lowest BCUT2D eigenvalue weighted by Crippen LogP contribution is -2.51. The molecule has 2 fully saturated rings. The minimum Gasteiger partial charge on any atom is -0.390 e. The van der Waals surface area contributed by atoms with E-state index in [9.17, 15) is 9.90 Å². The Morgan fingerprint density at radius 2 is 2.00 bits per heavy atom. The van der Waals surface area contributed by atoms with Crippen molar-refractivity contribution in [3.8, 4) is 0 Å². The number of carbonyl (C=O) groups is 1. The van der Waals surface area contributed by atoms with E-state index in [1.54, 1.807) is 0 Å². The predicted molar refractivity (Wildman–Crippen MR) is 62.1 cm³/mol. The molecule has 1 saturated carbocycles. The number of rotatable bonds is 3. The smallest absolute Gasteiger partial charge is 0.237 e. The largest absolute Gasteiger partial charge is 0.390 e. The van der Waals surface area contributed by atoms with Gasteiger partial charge in [-0.2, -0.15) is 0 Å². The molecule has 16 heavy (non-hydrogen) atoms. The second kappa shape index (κ2) is 4.34. The first-order valence-electron chi connectivity index (χ1n) is 6.25. The van der Waals surface area contributed by atoms with E-state index in [1.165, 1.54) is 0 Å². The Hall–Kier alpha value is -0.610. The van der Waals surface area contributed by atoms with Gasteiger partial charge < -0.3 is 10.4 Å². The maximum absolute atomic E-state index is 11.8. The van der Waals surface area contributed by atoms with E-state index in [1.807, 2.05) is 13.8 Å². The quantitative estimate of drug-likeness (QED) is 0.737. The summed E-state index contributed by atoms with van der Waals surface area (Å²) in [7, 11) is 0. The molecule has 4 nitrogen and oxygen atoms in total. The van der Waals surface area contributed by atoms with Crippen molar-refractivity contribution in [2.24, 2.45) is 0 Å². The van der Waals surface area contributed by atoms with E-state index >= 15 is 0 Å². The number of aliphatic hydroxyl groups is 1. The molecule has 1 aliphatic heterocycles. The number of likely N-dealkylation sites (tertiary alicyclic amines) is 1. The molecule has 2 aliphatic rings. The highest BCUT2D eigenvalue weighted by atomic mass is 16.3. The van der Waals surface area contributed by atoms with Crippen molar-refractivity contribution in [3.05, 3.63) is 0 Å². The molecule has 92 valence electrons. The summed E-state index contributed by atoms with van der Waals surface area (Å²) in [5.41, 5.74) is -0.539. The normalized spacial score (nSPS) is 27.4. The highest BCUT2D eigenvalue weighted by molar-refractivity contribution is 5.81. The predicted octanol–water partition coefficient (Wildman–Crippen LogP) is 0.500. The highest BCUT2D eigenvalue weighted by Gasteiger charge is 2.33. The van der Waals surface area contributed by atoms with E-state index in [4.69, 9.17) is 0 Å². The molecule has 0 bridgehead atoms. The van der Waals surface area contributed by atoms with Crippen LogP contribution in [0.15, 0.2) is 0 Å². The van der Waals surface area contributed by atoms with Gasteiger partial charge in [-0.1, -0.05) is 0 Å². The Bertz CT molecular complexity index is 264. The molecule has 1 saturated heterocycles. The van der Waals surface area contributed by atoms with Crippen molar-refractivity contribution in [2.75, 3.05) is 13.1 Å². The van der Waals surface area contributed by atoms with Crippen LogP contribution in [-0.2, 0) is 4.79 Å². The molecule has 0 aromatic rings. The SMILES string of the molecule is CC(C(=O)NC1CC1)N1CCC(C)(O)CC1. The zero-order valence-electron chi connectivity index (χ0n) is 10.2. The number of amides is 1. The summed E-state index contributed by atoms with van der Waals surface area (Å²) < 4.78 is 0. The number of hydrogen-bond acceptors (Lipinski definition) is 3. The Kier molecular flexibility index (Phi) is 3.22. The summed E-state index contributed by atoms with van der Waals surface area (Å²) >= 11 is 0. The third-order valence-electron chi connectivity index (χ3n) is 3.73. The first-order chi connectivity index (χ1) is 7.48. The molecule has 1 unspecified atom stereocenters. The van der Waals surface area contributed by atoms with Gasteiger partial charge in [-0.15, -0.1) is 0 Å². The molecule has 2 rings (SSSR count). The minimum atomic E-state index is -0.539. The minimum absolute atomic E-state index is 0.0586. The lowest BCUT2D eigenvalue weighted by atomic mass is 9.93. The molecule has 0 aromatic heterocycles. The fourth-order valence-electron chi connectivity index (χ4n) is 2.11. The zero-order valence-corrected chi connectivity index (χ0v) is 10.2. The summed E-state index contributed by atoms with van der Waals surface area (Å²) in [6.45, 7) is 5.45. The second-order valence-electron chi connectivity index (χ2n) is 5.49. The Morgan fingerprint density at radius 1 is 1.44 bits per heavy atom. The molecule has 0 aromatic carbocycles. The molecule has 2 N–H and O–H groups in total. The van der Waals surface area contributed by atoms with Gasteiger partial charge in [0.05, 0.1) is 11.6 Å². The van der Waals surface area contributed by atoms with Gasteiger partial charge in [0.25, 0.3) is 0 Å². The van der Waals surface area contributed by atoms with E-state index in [-0.39, 0.29) is 11.9 Å². The van der Waals surface area contributed by atoms with Crippen LogP contribution in [0.2, 0.25) is 0 Å². The summed E-state index contributed by atoms with van der Waals surface area (Å²) in [4.78, 5) is 14.0. The molecular formula is C12H22N2O2. The van der Waals surface area contributed by atoms with E-state index in [0.717, 1.165) is 38.8 Å². The van der Waals surface area contributed by atoms with Gasteiger partial charge in [-0.05, 0) is 39.5 Å². The average Bonchev–Trinajstić information content (AvgIpc) is 3.00. The fraction of sp³-hybridized carbons (Fsp3) is 0.917. The summed E-state index contributed by atoms with van der Waals surface area (Å²) in [5.74, 6) is 0.143. The van der Waals surface area contributed by atoms with Crippen LogP contribution in [0.25, 0.3) is 0 Å². The van der Waals surface area contributed by atoms with Crippen molar-refractivity contribution < 1.29 is 9.90 Å². The van der Waals surface area contributed by atoms with Crippen LogP contribution < -0.4 is 5.32 Å². The number of carbonyl (C=O) groups excluding carboxylic acids is 1. The maximum Gasteiger partial charge on any atom is 0.237 e. The molecule has 1 amide bonds.